The Morgan fingerprint density at radius 3 is 2.52 bits per heavy atom. The fourth-order valence-corrected chi connectivity index (χ4v) is 2.05. The van der Waals surface area contributed by atoms with Crippen LogP contribution in [0.2, 0.25) is 0 Å². The summed E-state index contributed by atoms with van der Waals surface area (Å²) in [4.78, 5) is 24.5. The minimum Gasteiger partial charge on any atom is -0.481 e. The second-order valence-electron chi connectivity index (χ2n) is 5.31. The van der Waals surface area contributed by atoms with E-state index in [1.807, 2.05) is 51.1 Å². The first kappa shape index (κ1) is 17.0. The summed E-state index contributed by atoms with van der Waals surface area (Å²) in [5, 5.41) is 8.67. The van der Waals surface area contributed by atoms with Crippen molar-refractivity contribution in [1.82, 2.24) is 4.90 Å². The second kappa shape index (κ2) is 8.25. The monoisotopic (exact) mass is 289 g/mol. The van der Waals surface area contributed by atoms with E-state index in [4.69, 9.17) is 5.11 Å². The van der Waals surface area contributed by atoms with Crippen molar-refractivity contribution in [2.24, 2.45) is 0 Å². The van der Waals surface area contributed by atoms with Gasteiger partial charge < -0.3 is 10.0 Å². The maximum atomic E-state index is 12.2. The van der Waals surface area contributed by atoms with Gasteiger partial charge in [-0.25, -0.2) is 0 Å². The molecule has 0 heterocycles. The van der Waals surface area contributed by atoms with Crippen LogP contribution >= 0.6 is 0 Å². The van der Waals surface area contributed by atoms with E-state index in [2.05, 4.69) is 0 Å². The highest BCUT2D eigenvalue weighted by Crippen LogP contribution is 2.10. The summed E-state index contributed by atoms with van der Waals surface area (Å²) >= 11 is 0. The Hall–Kier alpha value is -2.10. The molecule has 21 heavy (non-hydrogen) atoms. The van der Waals surface area contributed by atoms with E-state index in [9.17, 15) is 9.59 Å². The zero-order chi connectivity index (χ0) is 15.8. The zero-order valence-electron chi connectivity index (χ0n) is 12.9. The van der Waals surface area contributed by atoms with E-state index in [1.165, 1.54) is 0 Å². The van der Waals surface area contributed by atoms with Crippen LogP contribution in [0.3, 0.4) is 0 Å². The number of amides is 1. The summed E-state index contributed by atoms with van der Waals surface area (Å²) in [6.45, 7) is 6.32. The Labute approximate surface area is 126 Å². The predicted octanol–water partition coefficient (Wildman–Crippen LogP) is 3.11. The lowest BCUT2D eigenvalue weighted by Gasteiger charge is -2.25. The molecule has 0 atom stereocenters. The van der Waals surface area contributed by atoms with Gasteiger partial charge >= 0.3 is 5.97 Å². The molecule has 1 aromatic carbocycles. The van der Waals surface area contributed by atoms with Crippen molar-refractivity contribution in [1.29, 1.82) is 0 Å². The quantitative estimate of drug-likeness (QED) is 0.785. The van der Waals surface area contributed by atoms with Gasteiger partial charge in [-0.2, -0.15) is 0 Å². The fraction of sp³-hybridized carbons (Fsp3) is 0.412. The fourth-order valence-electron chi connectivity index (χ4n) is 2.05. The number of benzene rings is 1. The first-order valence-corrected chi connectivity index (χ1v) is 7.18. The van der Waals surface area contributed by atoms with Crippen LogP contribution in [0.15, 0.2) is 30.3 Å². The number of hydrogen-bond acceptors (Lipinski definition) is 2. The molecule has 1 amide bonds. The van der Waals surface area contributed by atoms with Gasteiger partial charge in [-0.1, -0.05) is 24.3 Å². The number of carboxylic acid groups (broad SMARTS) is 1. The van der Waals surface area contributed by atoms with Crippen LogP contribution in [0.1, 0.15) is 37.8 Å². The molecule has 114 valence electrons. The molecule has 4 heteroatoms. The molecule has 1 N–H and O–H groups in total. The molecule has 0 saturated heterocycles. The van der Waals surface area contributed by atoms with E-state index in [0.29, 0.717) is 13.0 Å². The van der Waals surface area contributed by atoms with Crippen molar-refractivity contribution in [3.8, 4) is 0 Å². The van der Waals surface area contributed by atoms with E-state index >= 15 is 0 Å². The number of carbonyl (C=O) groups is 2. The van der Waals surface area contributed by atoms with Gasteiger partial charge in [0.05, 0.1) is 0 Å². The molecule has 0 saturated carbocycles. The molecule has 0 aliphatic carbocycles. The average molecular weight is 289 g/mol. The normalized spacial score (nSPS) is 11.0. The van der Waals surface area contributed by atoms with Gasteiger partial charge in [-0.05, 0) is 44.4 Å². The van der Waals surface area contributed by atoms with E-state index < -0.39 is 5.97 Å². The lowest BCUT2D eigenvalue weighted by molar-refractivity contribution is -0.138. The molecule has 4 nitrogen and oxygen atoms in total. The average Bonchev–Trinajstić information content (AvgIpc) is 2.41. The maximum absolute atomic E-state index is 12.2. The highest BCUT2D eigenvalue weighted by atomic mass is 16.4. The van der Waals surface area contributed by atoms with Crippen molar-refractivity contribution < 1.29 is 14.7 Å². The van der Waals surface area contributed by atoms with Crippen LogP contribution in [0, 0.1) is 6.92 Å². The number of aliphatic carboxylic acids is 1. The van der Waals surface area contributed by atoms with Crippen LogP contribution in [-0.4, -0.2) is 34.5 Å². The van der Waals surface area contributed by atoms with Crippen molar-refractivity contribution in [2.45, 2.75) is 39.7 Å². The Morgan fingerprint density at radius 2 is 1.95 bits per heavy atom. The lowest BCUT2D eigenvalue weighted by atomic mass is 10.1. The van der Waals surface area contributed by atoms with Crippen LogP contribution in [0.5, 0.6) is 0 Å². The SMILES string of the molecule is Cc1ccccc1/C=C/C(=O)N(CCCC(=O)O)C(C)C. The molecule has 1 rings (SSSR count). The van der Waals surface area contributed by atoms with Crippen molar-refractivity contribution in [2.75, 3.05) is 6.54 Å². The summed E-state index contributed by atoms with van der Waals surface area (Å²) in [5.41, 5.74) is 2.13. The van der Waals surface area contributed by atoms with Gasteiger partial charge in [0.15, 0.2) is 0 Å². The third-order valence-corrected chi connectivity index (χ3v) is 3.29. The number of carboxylic acids is 1. The molecule has 0 aliphatic heterocycles. The number of rotatable bonds is 7. The second-order valence-corrected chi connectivity index (χ2v) is 5.31. The minimum atomic E-state index is -0.832. The van der Waals surface area contributed by atoms with Gasteiger partial charge in [-0.15, -0.1) is 0 Å². The highest BCUT2D eigenvalue weighted by molar-refractivity contribution is 5.92. The van der Waals surface area contributed by atoms with Crippen LogP contribution < -0.4 is 0 Å². The Bertz CT molecular complexity index is 521. The summed E-state index contributed by atoms with van der Waals surface area (Å²) in [5.74, 6) is -0.916. The van der Waals surface area contributed by atoms with Crippen LogP contribution in [-0.2, 0) is 9.59 Å². The number of hydrogen-bond donors (Lipinski definition) is 1. The third kappa shape index (κ3) is 5.81. The van der Waals surface area contributed by atoms with Gasteiger partial charge in [0.1, 0.15) is 0 Å². The smallest absolute Gasteiger partial charge is 0.303 e. The molecule has 0 fully saturated rings. The van der Waals surface area contributed by atoms with Gasteiger partial charge in [0.25, 0.3) is 0 Å². The van der Waals surface area contributed by atoms with Crippen molar-refractivity contribution in [3.63, 3.8) is 0 Å². The number of nitrogens with zero attached hydrogens (tertiary/aromatic N) is 1. The Morgan fingerprint density at radius 1 is 1.29 bits per heavy atom. The van der Waals surface area contributed by atoms with Crippen molar-refractivity contribution in [3.05, 3.63) is 41.5 Å². The molecule has 1 aromatic rings. The summed E-state index contributed by atoms with van der Waals surface area (Å²) in [6, 6.07) is 7.90. The Kier molecular flexibility index (Phi) is 6.66. The van der Waals surface area contributed by atoms with Crippen molar-refractivity contribution >= 4 is 18.0 Å². The minimum absolute atomic E-state index is 0.0489. The first-order valence-electron chi connectivity index (χ1n) is 7.18. The summed E-state index contributed by atoms with van der Waals surface area (Å²) in [6.07, 6.45) is 3.92. The van der Waals surface area contributed by atoms with Gasteiger partial charge in [-0.3, -0.25) is 9.59 Å². The highest BCUT2D eigenvalue weighted by Gasteiger charge is 2.14. The number of carbonyl (C=O) groups excluding carboxylic acids is 1. The van der Waals surface area contributed by atoms with Crippen LogP contribution in [0.25, 0.3) is 6.08 Å². The molecular formula is C17H23NO3. The van der Waals surface area contributed by atoms with Gasteiger partial charge in [0, 0.05) is 25.1 Å². The molecule has 0 spiro atoms. The summed E-state index contributed by atoms with van der Waals surface area (Å²) < 4.78 is 0. The molecule has 0 aromatic heterocycles. The molecular weight excluding hydrogens is 266 g/mol. The van der Waals surface area contributed by atoms with E-state index in [-0.39, 0.29) is 18.4 Å². The lowest BCUT2D eigenvalue weighted by Crippen LogP contribution is -2.36. The van der Waals surface area contributed by atoms with Gasteiger partial charge in [0.2, 0.25) is 5.91 Å². The molecule has 0 aliphatic rings. The van der Waals surface area contributed by atoms with E-state index in [1.54, 1.807) is 11.0 Å². The largest absolute Gasteiger partial charge is 0.481 e. The molecule has 0 unspecified atom stereocenters. The van der Waals surface area contributed by atoms with E-state index in [0.717, 1.165) is 11.1 Å². The first-order chi connectivity index (χ1) is 9.91. The Balaban J connectivity index is 2.69. The standard InChI is InChI=1S/C17H23NO3/c1-13(2)18(12-6-9-17(20)21)16(19)11-10-15-8-5-4-7-14(15)3/h4-5,7-8,10-11,13H,6,9,12H2,1-3H3,(H,20,21)/b11-10+. The zero-order valence-corrected chi connectivity index (χ0v) is 12.9. The maximum Gasteiger partial charge on any atom is 0.303 e. The topological polar surface area (TPSA) is 57.6 Å². The van der Waals surface area contributed by atoms with Crippen LogP contribution in [0.4, 0.5) is 0 Å². The summed E-state index contributed by atoms with van der Waals surface area (Å²) in [7, 11) is 0. The predicted molar refractivity (Wildman–Crippen MR) is 83.9 cm³/mol. The molecule has 0 radical (unpaired) electrons. The number of aryl methyl sites for hydroxylation is 1. The third-order valence-electron chi connectivity index (χ3n) is 3.29. The molecule has 0 bridgehead atoms.